The van der Waals surface area contributed by atoms with E-state index in [1.807, 2.05) is 30.3 Å². The van der Waals surface area contributed by atoms with Crippen LogP contribution in [0.25, 0.3) is 0 Å². The third kappa shape index (κ3) is 2.69. The molecule has 1 aliphatic rings. The third-order valence-electron chi connectivity index (χ3n) is 3.44. The molecule has 0 saturated carbocycles. The van der Waals surface area contributed by atoms with Crippen LogP contribution in [0, 0.1) is 0 Å². The minimum atomic E-state index is 0.310. The first-order valence-corrected chi connectivity index (χ1v) is 7.27. The topological polar surface area (TPSA) is 12.0 Å². The number of hydrogen-bond donors (Lipinski definition) is 1. The number of hydrogen-bond acceptors (Lipinski definition) is 1. The van der Waals surface area contributed by atoms with Gasteiger partial charge in [-0.2, -0.15) is 0 Å². The van der Waals surface area contributed by atoms with Crippen molar-refractivity contribution in [3.05, 3.63) is 62.6 Å². The molecular weight excluding hydrogens is 301 g/mol. The van der Waals surface area contributed by atoms with Crippen molar-refractivity contribution in [2.45, 2.75) is 18.9 Å². The molecule has 0 bridgehead atoms. The van der Waals surface area contributed by atoms with Gasteiger partial charge in [-0.3, -0.25) is 0 Å². The Kier molecular flexibility index (Phi) is 3.62. The molecule has 0 spiro atoms. The van der Waals surface area contributed by atoms with Gasteiger partial charge in [0.25, 0.3) is 0 Å². The summed E-state index contributed by atoms with van der Waals surface area (Å²) in [6.45, 7) is 0. The third-order valence-corrected chi connectivity index (χ3v) is 4.42. The Morgan fingerprint density at radius 3 is 2.58 bits per heavy atom. The summed E-state index contributed by atoms with van der Waals surface area (Å²) in [5.74, 6) is 0. The first-order chi connectivity index (χ1) is 9.13. The number of halogens is 3. The fourth-order valence-electron chi connectivity index (χ4n) is 2.52. The molecule has 0 saturated heterocycles. The van der Waals surface area contributed by atoms with Gasteiger partial charge in [-0.05, 0) is 54.3 Å². The standard InChI is InChI=1S/C15H12Cl3N/c16-10-2-4-12-9(7-10)1-6-15(12)19-11-3-5-13(17)14(18)8-11/h2-5,7-8,15,19H,1,6H2. The fraction of sp³-hybridized carbons (Fsp3) is 0.200. The number of anilines is 1. The molecular formula is C15H12Cl3N. The number of aryl methyl sites for hydroxylation is 1. The summed E-state index contributed by atoms with van der Waals surface area (Å²) in [7, 11) is 0. The van der Waals surface area contributed by atoms with Crippen molar-refractivity contribution >= 4 is 40.5 Å². The lowest BCUT2D eigenvalue weighted by atomic mass is 10.1. The van der Waals surface area contributed by atoms with Gasteiger partial charge in [0, 0.05) is 10.7 Å². The van der Waals surface area contributed by atoms with Gasteiger partial charge in [-0.15, -0.1) is 0 Å². The number of benzene rings is 2. The summed E-state index contributed by atoms with van der Waals surface area (Å²) in [4.78, 5) is 0. The molecule has 1 N–H and O–H groups in total. The van der Waals surface area contributed by atoms with E-state index in [4.69, 9.17) is 34.8 Å². The molecule has 0 aliphatic heterocycles. The second-order valence-corrected chi connectivity index (χ2v) is 5.96. The first kappa shape index (κ1) is 13.1. The summed E-state index contributed by atoms with van der Waals surface area (Å²) in [5, 5.41) is 5.44. The zero-order valence-corrected chi connectivity index (χ0v) is 12.4. The molecule has 0 aromatic heterocycles. The van der Waals surface area contributed by atoms with Crippen LogP contribution in [0.1, 0.15) is 23.6 Å². The van der Waals surface area contributed by atoms with Gasteiger partial charge in [0.15, 0.2) is 0 Å². The van der Waals surface area contributed by atoms with Crippen molar-refractivity contribution < 1.29 is 0 Å². The van der Waals surface area contributed by atoms with Gasteiger partial charge in [-0.25, -0.2) is 0 Å². The van der Waals surface area contributed by atoms with Crippen LogP contribution in [-0.2, 0) is 6.42 Å². The van der Waals surface area contributed by atoms with Crippen molar-refractivity contribution in [3.63, 3.8) is 0 Å². The Morgan fingerprint density at radius 1 is 0.947 bits per heavy atom. The van der Waals surface area contributed by atoms with Crippen LogP contribution >= 0.6 is 34.8 Å². The van der Waals surface area contributed by atoms with E-state index < -0.39 is 0 Å². The van der Waals surface area contributed by atoms with Crippen LogP contribution in [-0.4, -0.2) is 0 Å². The average Bonchev–Trinajstić information content (AvgIpc) is 2.76. The molecule has 2 aromatic rings. The van der Waals surface area contributed by atoms with E-state index in [9.17, 15) is 0 Å². The lowest BCUT2D eigenvalue weighted by Gasteiger charge is -2.16. The molecule has 1 aliphatic carbocycles. The van der Waals surface area contributed by atoms with Gasteiger partial charge < -0.3 is 5.32 Å². The summed E-state index contributed by atoms with van der Waals surface area (Å²) in [6.07, 6.45) is 2.12. The highest BCUT2D eigenvalue weighted by Gasteiger charge is 2.22. The predicted octanol–water partition coefficient (Wildman–Crippen LogP) is 5.75. The molecule has 1 nitrogen and oxygen atoms in total. The maximum Gasteiger partial charge on any atom is 0.0612 e. The molecule has 98 valence electrons. The zero-order valence-electron chi connectivity index (χ0n) is 10.1. The molecule has 4 heteroatoms. The van der Waals surface area contributed by atoms with Crippen molar-refractivity contribution in [1.82, 2.24) is 0 Å². The van der Waals surface area contributed by atoms with Gasteiger partial charge in [-0.1, -0.05) is 40.9 Å². The minimum absolute atomic E-state index is 0.310. The summed E-state index contributed by atoms with van der Waals surface area (Å²) in [6, 6.07) is 12.0. The smallest absolute Gasteiger partial charge is 0.0612 e. The lowest BCUT2D eigenvalue weighted by molar-refractivity contribution is 0.762. The van der Waals surface area contributed by atoms with Crippen LogP contribution in [0.2, 0.25) is 15.1 Å². The maximum atomic E-state index is 6.03. The quantitative estimate of drug-likeness (QED) is 0.745. The van der Waals surface area contributed by atoms with E-state index in [0.29, 0.717) is 16.1 Å². The number of nitrogens with one attached hydrogen (secondary N) is 1. The number of fused-ring (bicyclic) bond motifs is 1. The molecule has 3 rings (SSSR count). The molecule has 0 amide bonds. The minimum Gasteiger partial charge on any atom is -0.378 e. The molecule has 0 radical (unpaired) electrons. The highest BCUT2D eigenvalue weighted by Crippen LogP contribution is 2.36. The van der Waals surface area contributed by atoms with Crippen LogP contribution in [0.4, 0.5) is 5.69 Å². The Morgan fingerprint density at radius 2 is 1.79 bits per heavy atom. The van der Waals surface area contributed by atoms with E-state index in [1.165, 1.54) is 11.1 Å². The van der Waals surface area contributed by atoms with Gasteiger partial charge >= 0.3 is 0 Å². The second-order valence-electron chi connectivity index (χ2n) is 4.71. The summed E-state index contributed by atoms with van der Waals surface area (Å²) >= 11 is 18.0. The van der Waals surface area contributed by atoms with E-state index in [0.717, 1.165) is 23.6 Å². The lowest BCUT2D eigenvalue weighted by Crippen LogP contribution is -2.06. The Balaban J connectivity index is 1.84. The molecule has 1 unspecified atom stereocenters. The average molecular weight is 313 g/mol. The summed E-state index contributed by atoms with van der Waals surface area (Å²) < 4.78 is 0. The molecule has 19 heavy (non-hydrogen) atoms. The van der Waals surface area contributed by atoms with Crippen LogP contribution in [0.15, 0.2) is 36.4 Å². The Bertz CT molecular complexity index is 625. The molecule has 0 fully saturated rings. The zero-order chi connectivity index (χ0) is 13.4. The molecule has 1 atom stereocenters. The van der Waals surface area contributed by atoms with Gasteiger partial charge in [0.05, 0.1) is 16.1 Å². The van der Waals surface area contributed by atoms with Crippen molar-refractivity contribution in [1.29, 1.82) is 0 Å². The maximum absolute atomic E-state index is 6.03. The van der Waals surface area contributed by atoms with E-state index in [1.54, 1.807) is 0 Å². The molecule has 2 aromatic carbocycles. The second kappa shape index (κ2) is 5.24. The predicted molar refractivity (Wildman–Crippen MR) is 82.6 cm³/mol. The monoisotopic (exact) mass is 311 g/mol. The van der Waals surface area contributed by atoms with Crippen molar-refractivity contribution in [3.8, 4) is 0 Å². The van der Waals surface area contributed by atoms with Crippen molar-refractivity contribution in [2.75, 3.05) is 5.32 Å². The van der Waals surface area contributed by atoms with Crippen LogP contribution in [0.3, 0.4) is 0 Å². The van der Waals surface area contributed by atoms with E-state index in [-0.39, 0.29) is 0 Å². The van der Waals surface area contributed by atoms with E-state index in [2.05, 4.69) is 11.4 Å². The largest absolute Gasteiger partial charge is 0.378 e. The Labute approximate surface area is 127 Å². The van der Waals surface area contributed by atoms with Crippen LogP contribution < -0.4 is 5.32 Å². The highest BCUT2D eigenvalue weighted by molar-refractivity contribution is 6.42. The van der Waals surface area contributed by atoms with Crippen molar-refractivity contribution in [2.24, 2.45) is 0 Å². The van der Waals surface area contributed by atoms with E-state index >= 15 is 0 Å². The summed E-state index contributed by atoms with van der Waals surface area (Å²) in [5.41, 5.74) is 3.63. The first-order valence-electron chi connectivity index (χ1n) is 6.13. The normalized spacial score (nSPS) is 17.3. The van der Waals surface area contributed by atoms with Gasteiger partial charge in [0.1, 0.15) is 0 Å². The highest BCUT2D eigenvalue weighted by atomic mass is 35.5. The Hall–Kier alpha value is -0.890. The molecule has 0 heterocycles. The number of rotatable bonds is 2. The fourth-order valence-corrected chi connectivity index (χ4v) is 3.02. The SMILES string of the molecule is Clc1ccc2c(c1)CCC2Nc1ccc(Cl)c(Cl)c1. The van der Waals surface area contributed by atoms with Gasteiger partial charge in [0.2, 0.25) is 0 Å². The van der Waals surface area contributed by atoms with Crippen LogP contribution in [0.5, 0.6) is 0 Å².